The van der Waals surface area contributed by atoms with Gasteiger partial charge in [0.15, 0.2) is 0 Å². The maximum atomic E-state index is 8.78. The third-order valence-electron chi connectivity index (χ3n) is 3.59. The van der Waals surface area contributed by atoms with E-state index in [1.54, 1.807) is 0 Å². The van der Waals surface area contributed by atoms with Crippen molar-refractivity contribution in [3.63, 3.8) is 0 Å². The largest absolute Gasteiger partial charge is 0.396 e. The molecule has 0 radical (unpaired) electrons. The Morgan fingerprint density at radius 2 is 2.16 bits per heavy atom. The number of nitrogens with zero attached hydrogens (tertiary/aromatic N) is 2. The smallest absolute Gasteiger partial charge is 0.0955 e. The van der Waals surface area contributed by atoms with Crippen molar-refractivity contribution >= 4 is 11.0 Å². The van der Waals surface area contributed by atoms with Gasteiger partial charge in [0.25, 0.3) is 0 Å². The molecule has 2 aromatic rings. The van der Waals surface area contributed by atoms with E-state index < -0.39 is 0 Å². The Morgan fingerprint density at radius 3 is 2.89 bits per heavy atom. The van der Waals surface area contributed by atoms with Crippen LogP contribution in [0.1, 0.15) is 25.8 Å². The number of aryl methyl sites for hydroxylation is 1. The molecule has 0 amide bonds. The van der Waals surface area contributed by atoms with Crippen molar-refractivity contribution < 1.29 is 5.11 Å². The quantitative estimate of drug-likeness (QED) is 0.780. The van der Waals surface area contributed by atoms with Crippen LogP contribution < -0.4 is 5.32 Å². The molecule has 1 heterocycles. The van der Waals surface area contributed by atoms with E-state index in [2.05, 4.69) is 42.3 Å². The van der Waals surface area contributed by atoms with Gasteiger partial charge in [-0.15, -0.1) is 0 Å². The summed E-state index contributed by atoms with van der Waals surface area (Å²) in [4.78, 5) is 4.41. The number of imidazole rings is 1. The monoisotopic (exact) mass is 261 g/mol. The van der Waals surface area contributed by atoms with Crippen LogP contribution in [0.4, 0.5) is 0 Å². The number of hydrogen-bond donors (Lipinski definition) is 2. The second-order valence-corrected chi connectivity index (χ2v) is 5.70. The van der Waals surface area contributed by atoms with Crippen molar-refractivity contribution in [2.45, 2.75) is 25.7 Å². The summed E-state index contributed by atoms with van der Waals surface area (Å²) in [5.41, 5.74) is 3.55. The van der Waals surface area contributed by atoms with Crippen molar-refractivity contribution in [2.75, 3.05) is 19.7 Å². The van der Waals surface area contributed by atoms with E-state index in [0.29, 0.717) is 0 Å². The highest BCUT2D eigenvalue weighted by Crippen LogP contribution is 2.25. The molecule has 0 atom stereocenters. The molecular weight excluding hydrogens is 238 g/mol. The number of benzene rings is 1. The highest BCUT2D eigenvalue weighted by atomic mass is 16.3. The zero-order valence-corrected chi connectivity index (χ0v) is 12.0. The molecule has 0 aliphatic carbocycles. The number of fused-ring (bicyclic) bond motifs is 1. The maximum Gasteiger partial charge on any atom is 0.0955 e. The molecule has 0 aliphatic rings. The van der Waals surface area contributed by atoms with Gasteiger partial charge in [-0.1, -0.05) is 19.9 Å². The van der Waals surface area contributed by atoms with Crippen LogP contribution >= 0.6 is 0 Å². The molecule has 2 rings (SSSR count). The molecular formula is C15H23N3O. The predicted molar refractivity (Wildman–Crippen MR) is 78.3 cm³/mol. The summed E-state index contributed by atoms with van der Waals surface area (Å²) in [6.45, 7) is 6.44. The summed E-state index contributed by atoms with van der Waals surface area (Å²) >= 11 is 0. The van der Waals surface area contributed by atoms with Gasteiger partial charge in [0, 0.05) is 25.6 Å². The third kappa shape index (κ3) is 3.14. The van der Waals surface area contributed by atoms with Gasteiger partial charge in [-0.25, -0.2) is 4.98 Å². The van der Waals surface area contributed by atoms with Crippen molar-refractivity contribution in [1.82, 2.24) is 14.9 Å². The summed E-state index contributed by atoms with van der Waals surface area (Å²) in [5.74, 6) is 0. The summed E-state index contributed by atoms with van der Waals surface area (Å²) in [6.07, 6.45) is 2.65. The minimum absolute atomic E-state index is 0.0567. The van der Waals surface area contributed by atoms with Gasteiger partial charge in [-0.05, 0) is 30.7 Å². The van der Waals surface area contributed by atoms with Gasteiger partial charge in [-0.3, -0.25) is 0 Å². The first-order chi connectivity index (χ1) is 9.04. The van der Waals surface area contributed by atoms with Crippen molar-refractivity contribution in [1.29, 1.82) is 0 Å². The van der Waals surface area contributed by atoms with Gasteiger partial charge >= 0.3 is 0 Å². The lowest BCUT2D eigenvalue weighted by atomic mass is 9.84. The van der Waals surface area contributed by atoms with Gasteiger partial charge < -0.3 is 15.0 Å². The topological polar surface area (TPSA) is 50.1 Å². The number of aliphatic hydroxyl groups excluding tert-OH is 1. The van der Waals surface area contributed by atoms with Gasteiger partial charge in [-0.2, -0.15) is 0 Å². The van der Waals surface area contributed by atoms with E-state index in [0.717, 1.165) is 30.5 Å². The second-order valence-electron chi connectivity index (χ2n) is 5.70. The Morgan fingerprint density at radius 1 is 1.37 bits per heavy atom. The van der Waals surface area contributed by atoms with E-state index in [1.165, 1.54) is 5.56 Å². The Labute approximate surface area is 114 Å². The van der Waals surface area contributed by atoms with E-state index in [9.17, 15) is 0 Å². The number of aromatic nitrogens is 2. The molecule has 0 spiro atoms. The lowest BCUT2D eigenvalue weighted by Crippen LogP contribution is -2.33. The fraction of sp³-hybridized carbons (Fsp3) is 0.533. The van der Waals surface area contributed by atoms with Gasteiger partial charge in [0.05, 0.1) is 17.4 Å². The summed E-state index contributed by atoms with van der Waals surface area (Å²) < 4.78 is 2.03. The van der Waals surface area contributed by atoms with Crippen LogP contribution in [0.15, 0.2) is 24.5 Å². The Balaban J connectivity index is 2.12. The van der Waals surface area contributed by atoms with Crippen LogP contribution in [0.5, 0.6) is 0 Å². The molecule has 2 N–H and O–H groups in total. The standard InChI is InChI=1S/C15H23N3O/c1-15(2,10-16-7-4-8-19)12-5-6-14-13(9-12)17-11-18(14)3/h5-6,9,11,16,19H,4,7-8,10H2,1-3H3. The molecule has 4 nitrogen and oxygen atoms in total. The Bertz CT molecular complexity index is 545. The van der Waals surface area contributed by atoms with Crippen molar-refractivity contribution in [2.24, 2.45) is 7.05 Å². The summed E-state index contributed by atoms with van der Waals surface area (Å²) in [5, 5.41) is 12.2. The third-order valence-corrected chi connectivity index (χ3v) is 3.59. The number of aliphatic hydroxyl groups is 1. The minimum atomic E-state index is 0.0567. The first-order valence-corrected chi connectivity index (χ1v) is 6.78. The highest BCUT2D eigenvalue weighted by molar-refractivity contribution is 5.76. The Kier molecular flexibility index (Phi) is 4.22. The molecule has 19 heavy (non-hydrogen) atoms. The lowest BCUT2D eigenvalue weighted by Gasteiger charge is -2.26. The molecule has 1 aromatic heterocycles. The molecule has 1 aromatic carbocycles. The van der Waals surface area contributed by atoms with Crippen LogP contribution in [0.3, 0.4) is 0 Å². The first kappa shape index (κ1) is 14.0. The lowest BCUT2D eigenvalue weighted by molar-refractivity contribution is 0.284. The molecule has 0 unspecified atom stereocenters. The van der Waals surface area contributed by atoms with Crippen LogP contribution in [0.2, 0.25) is 0 Å². The molecule has 4 heteroatoms. The number of hydrogen-bond acceptors (Lipinski definition) is 3. The van der Waals surface area contributed by atoms with Crippen molar-refractivity contribution in [3.05, 3.63) is 30.1 Å². The van der Waals surface area contributed by atoms with E-state index in [-0.39, 0.29) is 12.0 Å². The normalized spacial score (nSPS) is 12.2. The number of rotatable bonds is 6. The van der Waals surface area contributed by atoms with E-state index in [4.69, 9.17) is 5.11 Å². The molecule has 0 saturated heterocycles. The fourth-order valence-corrected chi connectivity index (χ4v) is 2.26. The zero-order valence-electron chi connectivity index (χ0n) is 12.0. The minimum Gasteiger partial charge on any atom is -0.396 e. The average molecular weight is 261 g/mol. The molecule has 0 aliphatic heterocycles. The van der Waals surface area contributed by atoms with Crippen LogP contribution in [0.25, 0.3) is 11.0 Å². The zero-order chi connectivity index (χ0) is 13.9. The van der Waals surface area contributed by atoms with Crippen LogP contribution in [-0.4, -0.2) is 34.4 Å². The van der Waals surface area contributed by atoms with Crippen LogP contribution in [-0.2, 0) is 12.5 Å². The van der Waals surface area contributed by atoms with Crippen molar-refractivity contribution in [3.8, 4) is 0 Å². The Hall–Kier alpha value is -1.39. The van der Waals surface area contributed by atoms with Gasteiger partial charge in [0.1, 0.15) is 0 Å². The summed E-state index contributed by atoms with van der Waals surface area (Å²) in [7, 11) is 2.01. The predicted octanol–water partition coefficient (Wildman–Crippen LogP) is 1.82. The second kappa shape index (κ2) is 5.72. The average Bonchev–Trinajstić information content (AvgIpc) is 2.76. The maximum absolute atomic E-state index is 8.78. The molecule has 0 bridgehead atoms. The molecule has 104 valence electrons. The molecule has 0 fully saturated rings. The fourth-order valence-electron chi connectivity index (χ4n) is 2.26. The SMILES string of the molecule is Cn1cnc2cc(C(C)(C)CNCCCO)ccc21. The number of nitrogens with one attached hydrogen (secondary N) is 1. The first-order valence-electron chi connectivity index (χ1n) is 6.78. The van der Waals surface area contributed by atoms with Crippen LogP contribution in [0, 0.1) is 0 Å². The molecule has 0 saturated carbocycles. The van der Waals surface area contributed by atoms with E-state index in [1.807, 2.05) is 17.9 Å². The van der Waals surface area contributed by atoms with E-state index >= 15 is 0 Å². The summed E-state index contributed by atoms with van der Waals surface area (Å²) in [6, 6.07) is 6.48. The highest BCUT2D eigenvalue weighted by Gasteiger charge is 2.20. The van der Waals surface area contributed by atoms with Gasteiger partial charge in [0.2, 0.25) is 0 Å².